The van der Waals surface area contributed by atoms with Gasteiger partial charge in [0.2, 0.25) is 0 Å². The summed E-state index contributed by atoms with van der Waals surface area (Å²) in [4.78, 5) is 14.1. The van der Waals surface area contributed by atoms with Crippen LogP contribution in [0.5, 0.6) is 0 Å². The Labute approximate surface area is 117 Å². The fourth-order valence-corrected chi connectivity index (χ4v) is 4.35. The van der Waals surface area contributed by atoms with Gasteiger partial charge in [-0.2, -0.15) is 0 Å². The van der Waals surface area contributed by atoms with Crippen molar-refractivity contribution in [1.29, 1.82) is 0 Å². The van der Waals surface area contributed by atoms with Crippen molar-refractivity contribution in [2.45, 2.75) is 83.2 Å². The molecule has 110 valence electrons. The van der Waals surface area contributed by atoms with Crippen LogP contribution in [0, 0.1) is 5.92 Å². The zero-order valence-corrected chi connectivity index (χ0v) is 12.5. The molecule has 1 aliphatic heterocycles. The van der Waals surface area contributed by atoms with Crippen LogP contribution in [0.4, 0.5) is 0 Å². The third kappa shape index (κ3) is 2.81. The van der Waals surface area contributed by atoms with Gasteiger partial charge in [0, 0.05) is 6.04 Å². The molecule has 0 amide bonds. The Bertz CT molecular complexity index is 310. The van der Waals surface area contributed by atoms with E-state index in [1.807, 2.05) is 6.92 Å². The van der Waals surface area contributed by atoms with E-state index >= 15 is 0 Å². The molecule has 0 spiro atoms. The first kappa shape index (κ1) is 14.8. The molecule has 0 aromatic heterocycles. The fraction of sp³-hybridized carbons (Fsp3) is 0.938. The Kier molecular flexibility index (Phi) is 4.88. The van der Waals surface area contributed by atoms with Gasteiger partial charge in [0.05, 0.1) is 0 Å². The van der Waals surface area contributed by atoms with Crippen LogP contribution in [0.2, 0.25) is 0 Å². The highest BCUT2D eigenvalue weighted by Crippen LogP contribution is 2.40. The zero-order chi connectivity index (χ0) is 13.9. The molecule has 3 heteroatoms. The van der Waals surface area contributed by atoms with Crippen molar-refractivity contribution in [1.82, 2.24) is 4.90 Å². The average molecular weight is 267 g/mol. The maximum atomic E-state index is 11.7. The van der Waals surface area contributed by atoms with E-state index in [9.17, 15) is 9.90 Å². The summed E-state index contributed by atoms with van der Waals surface area (Å²) in [5, 5.41) is 9.66. The lowest BCUT2D eigenvalue weighted by atomic mass is 9.81. The number of hydrogen-bond donors (Lipinski definition) is 1. The third-order valence-corrected chi connectivity index (χ3v) is 5.48. The van der Waals surface area contributed by atoms with Gasteiger partial charge in [0.25, 0.3) is 0 Å². The summed E-state index contributed by atoms with van der Waals surface area (Å²) in [6.07, 6.45) is 10.3. The summed E-state index contributed by atoms with van der Waals surface area (Å²) in [7, 11) is 0. The summed E-state index contributed by atoms with van der Waals surface area (Å²) >= 11 is 0. The van der Waals surface area contributed by atoms with Gasteiger partial charge in [0.15, 0.2) is 0 Å². The second kappa shape index (κ2) is 6.25. The van der Waals surface area contributed by atoms with Gasteiger partial charge in [-0.1, -0.05) is 26.7 Å². The summed E-state index contributed by atoms with van der Waals surface area (Å²) in [5.74, 6) is 0.299. The van der Waals surface area contributed by atoms with Crippen LogP contribution in [0.3, 0.4) is 0 Å². The topological polar surface area (TPSA) is 40.5 Å². The van der Waals surface area contributed by atoms with Crippen LogP contribution in [-0.4, -0.2) is 34.1 Å². The number of carboxylic acids is 1. The molecule has 1 atom stereocenters. The quantitative estimate of drug-likeness (QED) is 0.826. The van der Waals surface area contributed by atoms with Gasteiger partial charge >= 0.3 is 5.97 Å². The van der Waals surface area contributed by atoms with Crippen LogP contribution in [0.1, 0.15) is 71.6 Å². The first-order valence-corrected chi connectivity index (χ1v) is 8.14. The normalized spacial score (nSPS) is 36.5. The van der Waals surface area contributed by atoms with E-state index in [4.69, 9.17) is 0 Å². The van der Waals surface area contributed by atoms with Gasteiger partial charge in [-0.05, 0) is 57.4 Å². The molecular formula is C16H29NO2. The Morgan fingerprint density at radius 1 is 1.26 bits per heavy atom. The third-order valence-electron chi connectivity index (χ3n) is 5.48. The second-order valence-electron chi connectivity index (χ2n) is 6.45. The van der Waals surface area contributed by atoms with E-state index in [1.165, 1.54) is 38.5 Å². The fourth-order valence-electron chi connectivity index (χ4n) is 4.35. The molecule has 3 nitrogen and oxygen atoms in total. The van der Waals surface area contributed by atoms with Crippen molar-refractivity contribution < 1.29 is 9.90 Å². The summed E-state index contributed by atoms with van der Waals surface area (Å²) in [6, 6.07) is 0.520. The molecule has 1 unspecified atom stereocenters. The van der Waals surface area contributed by atoms with Crippen molar-refractivity contribution in [2.75, 3.05) is 6.54 Å². The van der Waals surface area contributed by atoms with Gasteiger partial charge in [-0.25, -0.2) is 0 Å². The number of aliphatic carboxylic acids is 1. The van der Waals surface area contributed by atoms with E-state index in [1.54, 1.807) is 0 Å². The van der Waals surface area contributed by atoms with Crippen molar-refractivity contribution in [2.24, 2.45) is 5.92 Å². The Morgan fingerprint density at radius 3 is 2.47 bits per heavy atom. The van der Waals surface area contributed by atoms with Crippen molar-refractivity contribution in [3.63, 3.8) is 0 Å². The average Bonchev–Trinajstić information content (AvgIpc) is 2.85. The van der Waals surface area contributed by atoms with Crippen LogP contribution in [0.15, 0.2) is 0 Å². The summed E-state index contributed by atoms with van der Waals surface area (Å²) in [6.45, 7) is 5.29. The van der Waals surface area contributed by atoms with E-state index in [2.05, 4.69) is 11.8 Å². The minimum atomic E-state index is -0.594. The van der Waals surface area contributed by atoms with Crippen molar-refractivity contribution >= 4 is 5.97 Å². The molecule has 0 radical (unpaired) electrons. The molecular weight excluding hydrogens is 238 g/mol. The van der Waals surface area contributed by atoms with Crippen molar-refractivity contribution in [3.05, 3.63) is 0 Å². The minimum Gasteiger partial charge on any atom is -0.480 e. The number of carbonyl (C=O) groups is 1. The Morgan fingerprint density at radius 2 is 1.95 bits per heavy atom. The monoisotopic (exact) mass is 267 g/mol. The molecule has 2 aliphatic rings. The molecule has 1 saturated carbocycles. The molecule has 0 bridgehead atoms. The number of nitrogens with zero attached hydrogens (tertiary/aromatic N) is 1. The smallest absolute Gasteiger partial charge is 0.324 e. The minimum absolute atomic E-state index is 0.520. The summed E-state index contributed by atoms with van der Waals surface area (Å²) < 4.78 is 0. The highest BCUT2D eigenvalue weighted by atomic mass is 16.4. The lowest BCUT2D eigenvalue weighted by Gasteiger charge is -2.42. The molecule has 0 aromatic carbocycles. The van der Waals surface area contributed by atoms with E-state index in [0.29, 0.717) is 6.04 Å². The largest absolute Gasteiger partial charge is 0.480 e. The second-order valence-corrected chi connectivity index (χ2v) is 6.45. The molecule has 1 heterocycles. The maximum absolute atomic E-state index is 11.7. The van der Waals surface area contributed by atoms with E-state index in [0.717, 1.165) is 31.7 Å². The van der Waals surface area contributed by atoms with Gasteiger partial charge in [-0.15, -0.1) is 0 Å². The first-order chi connectivity index (χ1) is 9.14. The molecule has 0 aromatic rings. The lowest BCUT2D eigenvalue weighted by molar-refractivity contribution is -0.152. The first-order valence-electron chi connectivity index (χ1n) is 8.14. The SMILES string of the molecule is CCCC1CCC(N2CCCC2(CC)C(=O)O)CC1. The predicted molar refractivity (Wildman–Crippen MR) is 77.3 cm³/mol. The number of likely N-dealkylation sites (tertiary alicyclic amines) is 1. The number of hydrogen-bond acceptors (Lipinski definition) is 2. The molecule has 1 aliphatic carbocycles. The lowest BCUT2D eigenvalue weighted by Crippen LogP contribution is -2.55. The zero-order valence-electron chi connectivity index (χ0n) is 12.5. The van der Waals surface area contributed by atoms with Crippen LogP contribution in [-0.2, 0) is 4.79 Å². The molecule has 19 heavy (non-hydrogen) atoms. The van der Waals surface area contributed by atoms with Gasteiger partial charge in [-0.3, -0.25) is 9.69 Å². The van der Waals surface area contributed by atoms with Crippen LogP contribution < -0.4 is 0 Å². The highest BCUT2D eigenvalue weighted by molar-refractivity contribution is 5.79. The number of carboxylic acid groups (broad SMARTS) is 1. The molecule has 1 N–H and O–H groups in total. The molecule has 2 fully saturated rings. The summed E-state index contributed by atoms with van der Waals surface area (Å²) in [5.41, 5.74) is -0.553. The van der Waals surface area contributed by atoms with Crippen molar-refractivity contribution in [3.8, 4) is 0 Å². The molecule has 1 saturated heterocycles. The maximum Gasteiger partial charge on any atom is 0.324 e. The van der Waals surface area contributed by atoms with E-state index in [-0.39, 0.29) is 0 Å². The predicted octanol–water partition coefficient (Wildman–Crippen LogP) is 3.67. The Hall–Kier alpha value is -0.570. The van der Waals surface area contributed by atoms with Crippen LogP contribution in [0.25, 0.3) is 0 Å². The van der Waals surface area contributed by atoms with Gasteiger partial charge < -0.3 is 5.11 Å². The van der Waals surface area contributed by atoms with Gasteiger partial charge in [0.1, 0.15) is 5.54 Å². The molecule has 2 rings (SSSR count). The van der Waals surface area contributed by atoms with E-state index < -0.39 is 11.5 Å². The Balaban J connectivity index is 2.00. The standard InChI is InChI=1S/C16H29NO2/c1-3-6-13-7-9-14(10-8-13)17-12-5-11-16(17,4-2)15(18)19/h13-14H,3-12H2,1-2H3,(H,18,19). The van der Waals surface area contributed by atoms with Crippen LogP contribution >= 0.6 is 0 Å². The highest BCUT2D eigenvalue weighted by Gasteiger charge is 2.49. The number of rotatable bonds is 5.